The zero-order valence-corrected chi connectivity index (χ0v) is 18.9. The van der Waals surface area contributed by atoms with E-state index in [9.17, 15) is 4.79 Å². The molecule has 6 heteroatoms. The Bertz CT molecular complexity index is 1290. The van der Waals surface area contributed by atoms with E-state index in [0.29, 0.717) is 30.3 Å². The van der Waals surface area contributed by atoms with Gasteiger partial charge in [0.15, 0.2) is 0 Å². The van der Waals surface area contributed by atoms with Gasteiger partial charge in [0.25, 0.3) is 0 Å². The van der Waals surface area contributed by atoms with Gasteiger partial charge in [-0.3, -0.25) is 9.89 Å². The van der Waals surface area contributed by atoms with E-state index in [4.69, 9.17) is 4.98 Å². The van der Waals surface area contributed by atoms with E-state index in [1.54, 1.807) is 6.20 Å². The fourth-order valence-corrected chi connectivity index (χ4v) is 6.00. The van der Waals surface area contributed by atoms with Crippen LogP contribution in [0.5, 0.6) is 0 Å². The molecule has 33 heavy (non-hydrogen) atoms. The van der Waals surface area contributed by atoms with Crippen LogP contribution in [0.15, 0.2) is 61.1 Å². The van der Waals surface area contributed by atoms with Crippen molar-refractivity contribution in [2.24, 2.45) is 5.92 Å². The number of H-pyrrole nitrogens is 1. The number of rotatable bonds is 6. The highest BCUT2D eigenvalue weighted by Crippen LogP contribution is 2.43. The first-order valence-corrected chi connectivity index (χ1v) is 12.0. The minimum absolute atomic E-state index is 0.331. The molecule has 4 aromatic rings. The zero-order chi connectivity index (χ0) is 22.4. The van der Waals surface area contributed by atoms with Gasteiger partial charge >= 0.3 is 0 Å². The van der Waals surface area contributed by atoms with Crippen molar-refractivity contribution in [2.45, 2.75) is 57.7 Å². The highest BCUT2D eigenvalue weighted by atomic mass is 16.2. The second-order valence-corrected chi connectivity index (χ2v) is 9.58. The van der Waals surface area contributed by atoms with Gasteiger partial charge in [0.05, 0.1) is 22.9 Å². The molecule has 2 fully saturated rings. The van der Waals surface area contributed by atoms with Crippen LogP contribution in [0.3, 0.4) is 0 Å². The standard InChI is InChI=1S/C27H29N5O/c1-18-4-2-3-5-19(18)6-11-27(33)32-22-7-9-25(32)20(14-22)17-31-13-12-24-26(31)10-8-23(30-24)21-15-28-29-16-21/h2-5,8,10,12-13,15-16,20,22,25H,6-7,9,11,14,17H2,1H3,(H,28,29). The predicted octanol–water partition coefficient (Wildman–Crippen LogP) is 4.75. The maximum Gasteiger partial charge on any atom is 0.223 e. The maximum atomic E-state index is 13.2. The quantitative estimate of drug-likeness (QED) is 0.472. The van der Waals surface area contributed by atoms with Gasteiger partial charge in [0.1, 0.15) is 0 Å². The first-order valence-electron chi connectivity index (χ1n) is 12.0. The SMILES string of the molecule is Cc1ccccc1CCC(=O)N1C2CCC1C(Cn1ccc3nc(-c4cn[nH]c4)ccc31)C2. The van der Waals surface area contributed by atoms with Crippen molar-refractivity contribution in [3.05, 3.63) is 72.2 Å². The third-order valence-electron chi connectivity index (χ3n) is 7.67. The molecule has 2 aliphatic heterocycles. The lowest BCUT2D eigenvalue weighted by atomic mass is 9.89. The number of carbonyl (C=O) groups excluding carboxylic acids is 1. The van der Waals surface area contributed by atoms with Crippen molar-refractivity contribution in [1.82, 2.24) is 24.6 Å². The average Bonchev–Trinajstić information content (AvgIpc) is 3.62. The highest BCUT2D eigenvalue weighted by molar-refractivity contribution is 5.79. The first kappa shape index (κ1) is 20.2. The molecule has 2 bridgehead atoms. The van der Waals surface area contributed by atoms with Gasteiger partial charge in [0, 0.05) is 43.0 Å². The largest absolute Gasteiger partial charge is 0.346 e. The van der Waals surface area contributed by atoms with Crippen LogP contribution in [0, 0.1) is 12.8 Å². The number of hydrogen-bond donors (Lipinski definition) is 1. The van der Waals surface area contributed by atoms with Crippen molar-refractivity contribution in [3.63, 3.8) is 0 Å². The molecular formula is C27H29N5O. The van der Waals surface area contributed by atoms with Crippen LogP contribution in [-0.4, -0.2) is 42.6 Å². The van der Waals surface area contributed by atoms with Gasteiger partial charge in [0.2, 0.25) is 5.91 Å². The molecule has 0 aliphatic carbocycles. The van der Waals surface area contributed by atoms with Crippen LogP contribution in [-0.2, 0) is 17.8 Å². The van der Waals surface area contributed by atoms with Crippen LogP contribution in [0.25, 0.3) is 22.3 Å². The molecule has 3 unspecified atom stereocenters. The van der Waals surface area contributed by atoms with Gasteiger partial charge in [-0.05, 0) is 67.9 Å². The van der Waals surface area contributed by atoms with E-state index in [2.05, 4.69) is 75.2 Å². The summed E-state index contributed by atoms with van der Waals surface area (Å²) in [6, 6.07) is 15.5. The summed E-state index contributed by atoms with van der Waals surface area (Å²) in [5, 5.41) is 6.88. The minimum Gasteiger partial charge on any atom is -0.346 e. The number of amides is 1. The Labute approximate surface area is 193 Å². The lowest BCUT2D eigenvalue weighted by molar-refractivity contribution is -0.132. The molecule has 1 amide bonds. The van der Waals surface area contributed by atoms with E-state index in [0.717, 1.165) is 54.5 Å². The minimum atomic E-state index is 0.331. The molecule has 6 rings (SSSR count). The van der Waals surface area contributed by atoms with Gasteiger partial charge in [-0.2, -0.15) is 5.10 Å². The van der Waals surface area contributed by atoms with E-state index in [1.165, 1.54) is 11.1 Å². The number of fused-ring (bicyclic) bond motifs is 3. The third-order valence-corrected chi connectivity index (χ3v) is 7.67. The number of benzene rings is 1. The van der Waals surface area contributed by atoms with Crippen molar-refractivity contribution in [3.8, 4) is 11.3 Å². The van der Waals surface area contributed by atoms with Gasteiger partial charge in [-0.25, -0.2) is 4.98 Å². The molecule has 0 spiro atoms. The molecule has 168 valence electrons. The number of nitrogens with one attached hydrogen (secondary N) is 1. The van der Waals surface area contributed by atoms with Crippen molar-refractivity contribution < 1.29 is 4.79 Å². The summed E-state index contributed by atoms with van der Waals surface area (Å²) in [7, 11) is 0. The fourth-order valence-electron chi connectivity index (χ4n) is 6.00. The lowest BCUT2D eigenvalue weighted by Crippen LogP contribution is -2.37. The molecule has 2 saturated heterocycles. The van der Waals surface area contributed by atoms with Crippen LogP contribution in [0.2, 0.25) is 0 Å². The van der Waals surface area contributed by atoms with E-state index >= 15 is 0 Å². The van der Waals surface area contributed by atoms with Crippen molar-refractivity contribution >= 4 is 16.9 Å². The summed E-state index contributed by atoms with van der Waals surface area (Å²) >= 11 is 0. The molecular weight excluding hydrogens is 410 g/mol. The molecule has 3 atom stereocenters. The molecule has 3 aromatic heterocycles. The summed E-state index contributed by atoms with van der Waals surface area (Å²) in [5.74, 6) is 0.840. The summed E-state index contributed by atoms with van der Waals surface area (Å²) in [4.78, 5) is 20.3. The number of aryl methyl sites for hydroxylation is 2. The number of aromatic amines is 1. The Morgan fingerprint density at radius 1 is 1.15 bits per heavy atom. The summed E-state index contributed by atoms with van der Waals surface area (Å²) < 4.78 is 2.32. The van der Waals surface area contributed by atoms with E-state index in [-0.39, 0.29) is 0 Å². The van der Waals surface area contributed by atoms with Crippen LogP contribution >= 0.6 is 0 Å². The van der Waals surface area contributed by atoms with Gasteiger partial charge in [-0.15, -0.1) is 0 Å². The Morgan fingerprint density at radius 2 is 2.06 bits per heavy atom. The van der Waals surface area contributed by atoms with Crippen LogP contribution in [0.4, 0.5) is 0 Å². The van der Waals surface area contributed by atoms with Crippen molar-refractivity contribution in [1.29, 1.82) is 0 Å². The Kier molecular flexibility index (Phi) is 5.01. The fraction of sp³-hybridized carbons (Fsp3) is 0.370. The number of hydrogen-bond acceptors (Lipinski definition) is 3. The maximum absolute atomic E-state index is 13.2. The highest BCUT2D eigenvalue weighted by Gasteiger charge is 2.48. The Balaban J connectivity index is 1.15. The Hall–Kier alpha value is -3.41. The van der Waals surface area contributed by atoms with Gasteiger partial charge < -0.3 is 9.47 Å². The molecule has 0 radical (unpaired) electrons. The smallest absolute Gasteiger partial charge is 0.223 e. The van der Waals surface area contributed by atoms with E-state index in [1.807, 2.05) is 6.20 Å². The monoisotopic (exact) mass is 439 g/mol. The van der Waals surface area contributed by atoms with Crippen molar-refractivity contribution in [2.75, 3.05) is 0 Å². The average molecular weight is 440 g/mol. The predicted molar refractivity (Wildman–Crippen MR) is 129 cm³/mol. The van der Waals surface area contributed by atoms with Crippen LogP contribution in [0.1, 0.15) is 36.8 Å². The summed E-state index contributed by atoms with van der Waals surface area (Å²) in [6.07, 6.45) is 10.6. The molecule has 0 saturated carbocycles. The topological polar surface area (TPSA) is 66.8 Å². The molecule has 2 aliphatic rings. The summed E-state index contributed by atoms with van der Waals surface area (Å²) in [5.41, 5.74) is 6.65. The third kappa shape index (κ3) is 3.63. The van der Waals surface area contributed by atoms with Gasteiger partial charge in [-0.1, -0.05) is 24.3 Å². The second-order valence-electron chi connectivity index (χ2n) is 9.58. The molecule has 1 aromatic carbocycles. The molecule has 6 nitrogen and oxygen atoms in total. The summed E-state index contributed by atoms with van der Waals surface area (Å²) in [6.45, 7) is 3.07. The Morgan fingerprint density at radius 3 is 2.91 bits per heavy atom. The van der Waals surface area contributed by atoms with E-state index < -0.39 is 0 Å². The second kappa shape index (κ2) is 8.18. The normalized spacial score (nSPS) is 21.8. The van der Waals surface area contributed by atoms with Crippen LogP contribution < -0.4 is 0 Å². The zero-order valence-electron chi connectivity index (χ0n) is 18.9. The first-order chi connectivity index (χ1) is 16.2. The molecule has 5 heterocycles. The number of carbonyl (C=O) groups is 1. The molecule has 1 N–H and O–H groups in total. The number of aromatic nitrogens is 4. The number of pyridine rings is 1. The number of nitrogens with zero attached hydrogens (tertiary/aromatic N) is 4. The lowest BCUT2D eigenvalue weighted by Gasteiger charge is -2.25.